The molecule has 0 heterocycles. The van der Waals surface area contributed by atoms with Crippen molar-refractivity contribution >= 4 is 37.7 Å². The Morgan fingerprint density at radius 3 is 1.00 bits per heavy atom. The Bertz CT molecular complexity index is 6.00. The molecule has 3 nitrogen and oxygen atoms in total. The van der Waals surface area contributed by atoms with Gasteiger partial charge in [0.1, 0.15) is 0 Å². The molecule has 4 heavy (non-hydrogen) atoms. The van der Waals surface area contributed by atoms with E-state index < -0.39 is 0 Å². The number of hydrogen-bond donors (Lipinski definition) is 3. The van der Waals surface area contributed by atoms with Crippen molar-refractivity contribution in [2.75, 3.05) is 0 Å². The molecule has 0 aromatic heterocycles. The Labute approximate surface area is 54.1 Å². The normalized spacial score (nSPS) is 1.50. The van der Waals surface area contributed by atoms with Crippen molar-refractivity contribution in [3.8, 4) is 0 Å². The quantitative estimate of drug-likeness (QED) is 0.210. The summed E-state index contributed by atoms with van der Waals surface area (Å²) in [5, 5.41) is 12.0. The van der Waals surface area contributed by atoms with E-state index in [-0.39, 0.29) is 43.9 Å². The maximum absolute atomic E-state index is 6.00. The third kappa shape index (κ3) is 11.1. The van der Waals surface area contributed by atoms with E-state index in [1.54, 1.807) is 0 Å². The monoisotopic (exact) mass is 93.0 g/mol. The molecule has 5 N–H and O–H groups in total. The molecule has 0 aromatic rings. The summed E-state index contributed by atoms with van der Waals surface area (Å²) in [6.45, 7) is 0. The molecular formula is H7CaNO2. The van der Waals surface area contributed by atoms with Crippen molar-refractivity contribution in [1.29, 1.82) is 0 Å². The summed E-state index contributed by atoms with van der Waals surface area (Å²) in [6.07, 6.45) is 0. The summed E-state index contributed by atoms with van der Waals surface area (Å²) >= 11 is 0. The van der Waals surface area contributed by atoms with Gasteiger partial charge < -0.3 is 6.15 Å². The van der Waals surface area contributed by atoms with Gasteiger partial charge in [0.25, 0.3) is 0 Å². The number of rotatable bonds is 0. The van der Waals surface area contributed by atoms with Crippen molar-refractivity contribution in [2.45, 2.75) is 0 Å². The van der Waals surface area contributed by atoms with E-state index in [1.165, 1.54) is 0 Å². The van der Waals surface area contributed by atoms with Crippen LogP contribution in [0.2, 0.25) is 0 Å². The molecule has 0 saturated heterocycles. The second kappa shape index (κ2) is 31.4. The molecule has 0 radical (unpaired) electrons. The Morgan fingerprint density at radius 2 is 1.00 bits per heavy atom. The standard InChI is InChI=1S/Ca.H3N.H2O2.2H/c;;1-2;;/h;1H3;1-2H;;. The van der Waals surface area contributed by atoms with Crippen LogP contribution in [0.1, 0.15) is 0 Å². The van der Waals surface area contributed by atoms with Crippen LogP contribution < -0.4 is 6.15 Å². The van der Waals surface area contributed by atoms with Crippen molar-refractivity contribution in [2.24, 2.45) is 0 Å². The average molecular weight is 93.1 g/mol. The Hall–Kier alpha value is 1.14. The third-order valence-corrected chi connectivity index (χ3v) is 0. The van der Waals surface area contributed by atoms with Crippen LogP contribution in [0.15, 0.2) is 0 Å². The van der Waals surface area contributed by atoms with E-state index in [9.17, 15) is 0 Å². The minimum atomic E-state index is 0. The van der Waals surface area contributed by atoms with Crippen molar-refractivity contribution in [3.05, 3.63) is 0 Å². The zero-order valence-electron chi connectivity index (χ0n) is 1.60. The molecule has 0 saturated carbocycles. The number of hydrogen-bond acceptors (Lipinski definition) is 3. The van der Waals surface area contributed by atoms with Gasteiger partial charge >= 0.3 is 37.7 Å². The molecule has 0 aliphatic rings. The van der Waals surface area contributed by atoms with Gasteiger partial charge in [-0.1, -0.05) is 0 Å². The van der Waals surface area contributed by atoms with Gasteiger partial charge in [-0.25, -0.2) is 0 Å². The van der Waals surface area contributed by atoms with Crippen LogP contribution in [-0.2, 0) is 0 Å². The van der Waals surface area contributed by atoms with E-state index in [0.717, 1.165) is 0 Å². The molecule has 0 unspecified atom stereocenters. The molecule has 26 valence electrons. The molecule has 0 aromatic carbocycles. The van der Waals surface area contributed by atoms with Crippen LogP contribution in [0, 0.1) is 0 Å². The summed E-state index contributed by atoms with van der Waals surface area (Å²) in [7, 11) is 0. The van der Waals surface area contributed by atoms with Gasteiger partial charge in [-0.15, -0.1) is 0 Å². The minimum absolute atomic E-state index is 0. The maximum atomic E-state index is 6.00. The first-order chi connectivity index (χ1) is 1.00. The van der Waals surface area contributed by atoms with Gasteiger partial charge in [0.2, 0.25) is 0 Å². The molecular weight excluding hydrogens is 86.1 g/mol. The Morgan fingerprint density at radius 1 is 1.00 bits per heavy atom. The molecule has 0 spiro atoms. The van der Waals surface area contributed by atoms with E-state index in [0.29, 0.717) is 0 Å². The zero-order valence-corrected chi connectivity index (χ0v) is 1.60. The van der Waals surface area contributed by atoms with E-state index in [2.05, 4.69) is 0 Å². The first-order valence-corrected chi connectivity index (χ1v) is 0.200. The molecule has 4 heteroatoms. The molecule has 0 bridgehead atoms. The summed E-state index contributed by atoms with van der Waals surface area (Å²) in [5.74, 6) is 0. The van der Waals surface area contributed by atoms with Crippen LogP contribution in [0.4, 0.5) is 0 Å². The van der Waals surface area contributed by atoms with E-state index in [1.807, 2.05) is 0 Å². The molecule has 0 rings (SSSR count). The fourth-order valence-electron chi connectivity index (χ4n) is 0. The first-order valence-electron chi connectivity index (χ1n) is 0.200. The summed E-state index contributed by atoms with van der Waals surface area (Å²) in [4.78, 5) is 0. The van der Waals surface area contributed by atoms with Gasteiger partial charge in [0.05, 0.1) is 0 Å². The van der Waals surface area contributed by atoms with Crippen molar-refractivity contribution in [1.82, 2.24) is 6.15 Å². The van der Waals surface area contributed by atoms with Crippen molar-refractivity contribution < 1.29 is 10.5 Å². The average Bonchev–Trinajstić information content (AvgIpc) is 1.00. The fourth-order valence-corrected chi connectivity index (χ4v) is 0. The predicted molar refractivity (Wildman–Crippen MR) is 18.8 cm³/mol. The zero-order chi connectivity index (χ0) is 2.00. The summed E-state index contributed by atoms with van der Waals surface area (Å²) in [6, 6.07) is 0. The fraction of sp³-hybridized carbons (Fsp3) is 0. The second-order valence-electron chi connectivity index (χ2n) is 0. The van der Waals surface area contributed by atoms with Crippen LogP contribution in [-0.4, -0.2) is 48.3 Å². The van der Waals surface area contributed by atoms with Gasteiger partial charge in [0.15, 0.2) is 0 Å². The van der Waals surface area contributed by atoms with Crippen LogP contribution in [0.5, 0.6) is 0 Å². The van der Waals surface area contributed by atoms with E-state index in [4.69, 9.17) is 10.5 Å². The Balaban J connectivity index is -0.00000000500. The summed E-state index contributed by atoms with van der Waals surface area (Å²) in [5.41, 5.74) is 0. The van der Waals surface area contributed by atoms with E-state index >= 15 is 0 Å². The van der Waals surface area contributed by atoms with Gasteiger partial charge in [0, 0.05) is 0 Å². The molecule has 0 aliphatic carbocycles. The molecule has 0 amide bonds. The molecule has 0 atom stereocenters. The predicted octanol–water partition coefficient (Wildman–Crippen LogP) is -0.737. The summed E-state index contributed by atoms with van der Waals surface area (Å²) < 4.78 is 0. The molecule has 0 fully saturated rings. The van der Waals surface area contributed by atoms with Crippen molar-refractivity contribution in [3.63, 3.8) is 0 Å². The van der Waals surface area contributed by atoms with Crippen LogP contribution in [0.3, 0.4) is 0 Å². The second-order valence-corrected chi connectivity index (χ2v) is 0. The van der Waals surface area contributed by atoms with Crippen LogP contribution in [0.25, 0.3) is 0 Å². The van der Waals surface area contributed by atoms with Gasteiger partial charge in [-0.3, -0.25) is 10.5 Å². The topological polar surface area (TPSA) is 75.5 Å². The van der Waals surface area contributed by atoms with Gasteiger partial charge in [-0.2, -0.15) is 0 Å². The van der Waals surface area contributed by atoms with Gasteiger partial charge in [-0.05, 0) is 0 Å². The Kier molecular flexibility index (Phi) is 151. The SMILES string of the molecule is N.OO.[CaH2]. The molecule has 0 aliphatic heterocycles. The van der Waals surface area contributed by atoms with Crippen LogP contribution >= 0.6 is 0 Å². The first kappa shape index (κ1) is 19.2. The third-order valence-electron chi connectivity index (χ3n) is 0.